The Morgan fingerprint density at radius 1 is 0.929 bits per heavy atom. The van der Waals surface area contributed by atoms with Crippen LogP contribution in [0.25, 0.3) is 0 Å². The largest absolute Gasteiger partial charge is 0.497 e. The molecule has 3 aromatic rings. The highest BCUT2D eigenvalue weighted by molar-refractivity contribution is 7.92. The van der Waals surface area contributed by atoms with Gasteiger partial charge in [0.2, 0.25) is 0 Å². The Hall–Kier alpha value is -3.32. The van der Waals surface area contributed by atoms with E-state index in [0.717, 1.165) is 0 Å². The zero-order valence-electron chi connectivity index (χ0n) is 15.5. The molecule has 0 unspecified atom stereocenters. The minimum Gasteiger partial charge on any atom is -0.497 e. The van der Waals surface area contributed by atoms with E-state index >= 15 is 0 Å². The number of hydrogen-bond donors (Lipinski definition) is 2. The van der Waals surface area contributed by atoms with Crippen LogP contribution in [0.5, 0.6) is 5.75 Å². The molecule has 28 heavy (non-hydrogen) atoms. The molecule has 0 aliphatic rings. The van der Waals surface area contributed by atoms with E-state index < -0.39 is 10.0 Å². The number of carbonyl (C=O) groups excluding carboxylic acids is 1. The Bertz CT molecular complexity index is 1100. The summed E-state index contributed by atoms with van der Waals surface area (Å²) in [5.41, 5.74) is 2.11. The minimum atomic E-state index is -3.78. The molecule has 3 aromatic carbocycles. The average molecular weight is 396 g/mol. The quantitative estimate of drug-likeness (QED) is 0.658. The summed E-state index contributed by atoms with van der Waals surface area (Å²) in [4.78, 5) is 12.4. The van der Waals surface area contributed by atoms with Crippen molar-refractivity contribution in [1.29, 1.82) is 0 Å². The van der Waals surface area contributed by atoms with Crippen molar-refractivity contribution in [3.8, 4) is 5.75 Å². The summed E-state index contributed by atoms with van der Waals surface area (Å²) in [5, 5.41) is 2.80. The van der Waals surface area contributed by atoms with Crippen LogP contribution in [0.15, 0.2) is 77.7 Å². The summed E-state index contributed by atoms with van der Waals surface area (Å²) in [7, 11) is -2.26. The van der Waals surface area contributed by atoms with Crippen molar-refractivity contribution in [1.82, 2.24) is 0 Å². The second kappa shape index (κ2) is 8.14. The van der Waals surface area contributed by atoms with Gasteiger partial charge in [0.05, 0.1) is 17.7 Å². The maximum Gasteiger partial charge on any atom is 0.261 e. The van der Waals surface area contributed by atoms with Gasteiger partial charge in [-0.25, -0.2) is 8.42 Å². The predicted octanol–water partition coefficient (Wildman–Crippen LogP) is 4.06. The van der Waals surface area contributed by atoms with Gasteiger partial charge in [0.25, 0.3) is 15.9 Å². The molecule has 2 N–H and O–H groups in total. The van der Waals surface area contributed by atoms with E-state index in [1.165, 1.54) is 19.2 Å². The first-order valence-electron chi connectivity index (χ1n) is 8.53. The Kier molecular flexibility index (Phi) is 5.65. The van der Waals surface area contributed by atoms with Gasteiger partial charge in [0.1, 0.15) is 5.75 Å². The lowest BCUT2D eigenvalue weighted by Gasteiger charge is -2.12. The molecule has 0 saturated heterocycles. The lowest BCUT2D eigenvalue weighted by molar-refractivity contribution is 0.102. The summed E-state index contributed by atoms with van der Waals surface area (Å²) < 4.78 is 33.0. The fourth-order valence-electron chi connectivity index (χ4n) is 2.63. The summed E-state index contributed by atoms with van der Waals surface area (Å²) in [5.74, 6) is 0.296. The van der Waals surface area contributed by atoms with Gasteiger partial charge in [-0.2, -0.15) is 0 Å². The number of nitrogens with one attached hydrogen (secondary N) is 2. The molecule has 0 aliphatic carbocycles. The van der Waals surface area contributed by atoms with Crippen LogP contribution in [-0.2, 0) is 10.0 Å². The molecule has 6 nitrogen and oxygen atoms in total. The Balaban J connectivity index is 1.79. The Morgan fingerprint density at radius 2 is 1.68 bits per heavy atom. The van der Waals surface area contributed by atoms with Crippen molar-refractivity contribution in [2.45, 2.75) is 11.8 Å². The molecule has 0 spiro atoms. The van der Waals surface area contributed by atoms with Crippen LogP contribution in [0.3, 0.4) is 0 Å². The number of amides is 1. The summed E-state index contributed by atoms with van der Waals surface area (Å²) in [6, 6.07) is 20.0. The first-order chi connectivity index (χ1) is 13.4. The number of hydrogen-bond acceptors (Lipinski definition) is 4. The van der Waals surface area contributed by atoms with E-state index in [0.29, 0.717) is 28.3 Å². The van der Waals surface area contributed by atoms with Crippen LogP contribution in [0.1, 0.15) is 15.9 Å². The highest BCUT2D eigenvalue weighted by Crippen LogP contribution is 2.24. The molecule has 0 bridgehead atoms. The molecule has 0 radical (unpaired) electrons. The number of anilines is 2. The van der Waals surface area contributed by atoms with E-state index in [4.69, 9.17) is 4.74 Å². The first-order valence-corrected chi connectivity index (χ1v) is 10.0. The van der Waals surface area contributed by atoms with E-state index in [1.807, 2.05) is 6.07 Å². The van der Waals surface area contributed by atoms with Crippen LogP contribution in [0.4, 0.5) is 11.4 Å². The summed E-state index contributed by atoms with van der Waals surface area (Å²) >= 11 is 0. The lowest BCUT2D eigenvalue weighted by Crippen LogP contribution is -2.15. The molecular weight excluding hydrogens is 376 g/mol. The number of carbonyl (C=O) groups is 1. The van der Waals surface area contributed by atoms with Crippen molar-refractivity contribution in [2.75, 3.05) is 17.1 Å². The van der Waals surface area contributed by atoms with Crippen LogP contribution >= 0.6 is 0 Å². The fourth-order valence-corrected chi connectivity index (χ4v) is 3.76. The second-order valence-electron chi connectivity index (χ2n) is 6.13. The molecule has 0 aromatic heterocycles. The number of ether oxygens (including phenoxy) is 1. The van der Waals surface area contributed by atoms with Crippen molar-refractivity contribution in [2.24, 2.45) is 0 Å². The van der Waals surface area contributed by atoms with Crippen molar-refractivity contribution >= 4 is 27.3 Å². The lowest BCUT2D eigenvalue weighted by atomic mass is 10.1. The zero-order chi connectivity index (χ0) is 20.1. The number of sulfonamides is 1. The van der Waals surface area contributed by atoms with Gasteiger partial charge in [-0.15, -0.1) is 0 Å². The maximum atomic E-state index is 12.7. The van der Waals surface area contributed by atoms with Crippen LogP contribution in [0, 0.1) is 6.92 Å². The third-order valence-corrected chi connectivity index (χ3v) is 5.49. The maximum absolute atomic E-state index is 12.7. The topological polar surface area (TPSA) is 84.5 Å². The minimum absolute atomic E-state index is 0.102. The monoisotopic (exact) mass is 396 g/mol. The van der Waals surface area contributed by atoms with Gasteiger partial charge in [0, 0.05) is 17.3 Å². The van der Waals surface area contributed by atoms with Crippen molar-refractivity contribution in [3.05, 3.63) is 83.9 Å². The Labute approximate surface area is 164 Å². The predicted molar refractivity (Wildman–Crippen MR) is 109 cm³/mol. The second-order valence-corrected chi connectivity index (χ2v) is 7.82. The SMILES string of the molecule is COc1cccc(NS(=O)(=O)c2ccc(NC(=O)c3ccccc3)c(C)c2)c1. The molecule has 0 aliphatic heterocycles. The molecule has 0 atom stereocenters. The highest BCUT2D eigenvalue weighted by Gasteiger charge is 2.16. The third-order valence-electron chi connectivity index (χ3n) is 4.11. The molecule has 144 valence electrons. The van der Waals surface area contributed by atoms with Crippen LogP contribution in [-0.4, -0.2) is 21.4 Å². The standard InChI is InChI=1S/C21H20N2O4S/c1-15-13-19(28(25,26)23-17-9-6-10-18(14-17)27-2)11-12-20(15)22-21(24)16-7-4-3-5-8-16/h3-14,23H,1-2H3,(H,22,24). The van der Waals surface area contributed by atoms with Gasteiger partial charge in [-0.05, 0) is 55.0 Å². The molecular formula is C21H20N2O4S. The summed E-state index contributed by atoms with van der Waals surface area (Å²) in [6.07, 6.45) is 0. The number of rotatable bonds is 6. The number of methoxy groups -OCH3 is 1. The molecule has 0 fully saturated rings. The molecule has 7 heteroatoms. The van der Waals surface area contributed by atoms with Gasteiger partial charge >= 0.3 is 0 Å². The van der Waals surface area contributed by atoms with E-state index in [2.05, 4.69) is 10.0 Å². The normalized spacial score (nSPS) is 10.9. The van der Waals surface area contributed by atoms with E-state index in [-0.39, 0.29) is 10.8 Å². The van der Waals surface area contributed by atoms with Crippen LogP contribution < -0.4 is 14.8 Å². The van der Waals surface area contributed by atoms with Crippen LogP contribution in [0.2, 0.25) is 0 Å². The van der Waals surface area contributed by atoms with Gasteiger partial charge in [-0.3, -0.25) is 9.52 Å². The molecule has 0 heterocycles. The molecule has 3 rings (SSSR count). The average Bonchev–Trinajstić information content (AvgIpc) is 2.69. The molecule has 1 amide bonds. The van der Waals surface area contributed by atoms with Crippen molar-refractivity contribution < 1.29 is 17.9 Å². The zero-order valence-corrected chi connectivity index (χ0v) is 16.3. The van der Waals surface area contributed by atoms with Crippen molar-refractivity contribution in [3.63, 3.8) is 0 Å². The Morgan fingerprint density at radius 3 is 2.36 bits per heavy atom. The van der Waals surface area contributed by atoms with Gasteiger partial charge < -0.3 is 10.1 Å². The third kappa shape index (κ3) is 4.50. The van der Waals surface area contributed by atoms with Gasteiger partial charge in [-0.1, -0.05) is 24.3 Å². The number of aryl methyl sites for hydroxylation is 1. The van der Waals surface area contributed by atoms with E-state index in [9.17, 15) is 13.2 Å². The summed E-state index contributed by atoms with van der Waals surface area (Å²) in [6.45, 7) is 1.74. The smallest absolute Gasteiger partial charge is 0.261 e. The highest BCUT2D eigenvalue weighted by atomic mass is 32.2. The molecule has 0 saturated carbocycles. The number of benzene rings is 3. The van der Waals surface area contributed by atoms with Gasteiger partial charge in [0.15, 0.2) is 0 Å². The fraction of sp³-hybridized carbons (Fsp3) is 0.0952. The first kappa shape index (κ1) is 19.4. The van der Waals surface area contributed by atoms with E-state index in [1.54, 1.807) is 61.5 Å².